The maximum atomic E-state index is 13.5. The fourth-order valence-electron chi connectivity index (χ4n) is 4.06. The zero-order valence-corrected chi connectivity index (χ0v) is 20.5. The van der Waals surface area contributed by atoms with Crippen molar-refractivity contribution in [3.63, 3.8) is 0 Å². The third-order valence-corrected chi connectivity index (χ3v) is 5.92. The first kappa shape index (κ1) is 25.8. The fourth-order valence-corrected chi connectivity index (χ4v) is 4.06. The Balaban J connectivity index is 1.34. The lowest BCUT2D eigenvalue weighted by molar-refractivity contribution is -0.148. The van der Waals surface area contributed by atoms with Crippen LogP contribution in [0, 0.1) is 0 Å². The summed E-state index contributed by atoms with van der Waals surface area (Å²) in [6.07, 6.45) is 0.442. The summed E-state index contributed by atoms with van der Waals surface area (Å²) >= 11 is 0. The molecule has 0 saturated carbocycles. The highest BCUT2D eigenvalue weighted by Gasteiger charge is 2.36. The summed E-state index contributed by atoms with van der Waals surface area (Å²) in [6, 6.07) is 25.1. The molecule has 0 radical (unpaired) electrons. The molecule has 0 aliphatic carbocycles. The second-order valence-electron chi connectivity index (χ2n) is 8.47. The van der Waals surface area contributed by atoms with Gasteiger partial charge in [-0.25, -0.2) is 0 Å². The maximum Gasteiger partial charge on any atom is 0.308 e. The summed E-state index contributed by atoms with van der Waals surface area (Å²) in [5.74, 6) is -0.223. The zero-order valence-electron chi connectivity index (χ0n) is 20.5. The quantitative estimate of drug-likeness (QED) is 0.320. The van der Waals surface area contributed by atoms with Gasteiger partial charge in [-0.3, -0.25) is 14.4 Å². The van der Waals surface area contributed by atoms with Crippen LogP contribution in [0.5, 0.6) is 11.5 Å². The van der Waals surface area contributed by atoms with Crippen LogP contribution >= 0.6 is 0 Å². The number of benzene rings is 3. The van der Waals surface area contributed by atoms with Crippen molar-refractivity contribution in [1.29, 1.82) is 0 Å². The van der Waals surface area contributed by atoms with E-state index in [1.807, 2.05) is 48.5 Å². The molecular weight excluding hydrogens is 472 g/mol. The van der Waals surface area contributed by atoms with Crippen LogP contribution in [0.3, 0.4) is 0 Å². The number of rotatable bonds is 11. The summed E-state index contributed by atoms with van der Waals surface area (Å²) in [5.41, 5.74) is 1.48. The number of piperazine rings is 1. The van der Waals surface area contributed by atoms with Gasteiger partial charge in [-0.1, -0.05) is 60.7 Å². The normalized spacial score (nSPS) is 15.0. The Hall–Kier alpha value is -4.33. The minimum Gasteiger partial charge on any atom is -0.492 e. The van der Waals surface area contributed by atoms with E-state index in [0.717, 1.165) is 5.56 Å². The number of esters is 1. The highest BCUT2D eigenvalue weighted by atomic mass is 16.6. The average Bonchev–Trinajstić information content (AvgIpc) is 2.93. The molecule has 0 bridgehead atoms. The Kier molecular flexibility index (Phi) is 9.12. The van der Waals surface area contributed by atoms with Gasteiger partial charge in [0.05, 0.1) is 18.6 Å². The molecule has 0 spiro atoms. The Bertz CT molecular complexity index is 1190. The van der Waals surface area contributed by atoms with Crippen LogP contribution in [0.2, 0.25) is 0 Å². The minimum absolute atomic E-state index is 0.0358. The molecule has 8 heteroatoms. The van der Waals surface area contributed by atoms with Crippen LogP contribution in [0.25, 0.3) is 0 Å². The number of carbonyl (C=O) groups excluding carboxylic acids is 3. The molecule has 37 heavy (non-hydrogen) atoms. The number of carbonyl (C=O) groups is 3. The lowest BCUT2D eigenvalue weighted by Gasteiger charge is -2.34. The molecule has 2 amide bonds. The molecule has 1 atom stereocenters. The zero-order chi connectivity index (χ0) is 25.9. The molecule has 8 nitrogen and oxygen atoms in total. The molecule has 1 saturated heterocycles. The standard InChI is InChI=1S/C29H30N2O6/c32-27(37-20-19-35-23-11-5-2-6-12-23)21-25-28(33)30-16-17-31(25)29(34)24-13-7-8-14-26(24)36-18-15-22-9-3-1-4-10-22/h1-14,25H,15-21H2,(H,30,33). The summed E-state index contributed by atoms with van der Waals surface area (Å²) in [6.45, 7) is 1.20. The van der Waals surface area contributed by atoms with E-state index >= 15 is 0 Å². The van der Waals surface area contributed by atoms with Gasteiger partial charge in [-0.2, -0.15) is 0 Å². The Morgan fingerprint density at radius 1 is 0.838 bits per heavy atom. The first-order chi connectivity index (χ1) is 18.1. The maximum absolute atomic E-state index is 13.5. The molecule has 1 aliphatic rings. The van der Waals surface area contributed by atoms with Gasteiger partial charge >= 0.3 is 5.97 Å². The molecule has 3 aromatic rings. The predicted molar refractivity (Wildman–Crippen MR) is 137 cm³/mol. The van der Waals surface area contributed by atoms with E-state index in [2.05, 4.69) is 5.32 Å². The highest BCUT2D eigenvalue weighted by Crippen LogP contribution is 2.23. The third-order valence-electron chi connectivity index (χ3n) is 5.92. The van der Waals surface area contributed by atoms with Gasteiger partial charge in [0.25, 0.3) is 5.91 Å². The second kappa shape index (κ2) is 13.1. The third kappa shape index (κ3) is 7.33. The van der Waals surface area contributed by atoms with Crippen LogP contribution in [-0.2, 0) is 20.7 Å². The number of amides is 2. The SMILES string of the molecule is O=C(CC1C(=O)NCCN1C(=O)c1ccccc1OCCc1ccccc1)OCCOc1ccccc1. The van der Waals surface area contributed by atoms with Gasteiger partial charge in [-0.05, 0) is 29.8 Å². The monoisotopic (exact) mass is 502 g/mol. The number of hydrogen-bond acceptors (Lipinski definition) is 6. The molecule has 0 aromatic heterocycles. The second-order valence-corrected chi connectivity index (χ2v) is 8.47. The van der Waals surface area contributed by atoms with Crippen molar-refractivity contribution in [2.75, 3.05) is 32.9 Å². The summed E-state index contributed by atoms with van der Waals surface area (Å²) < 4.78 is 16.7. The van der Waals surface area contributed by atoms with Crippen molar-refractivity contribution < 1.29 is 28.6 Å². The van der Waals surface area contributed by atoms with Gasteiger partial charge in [-0.15, -0.1) is 0 Å². The summed E-state index contributed by atoms with van der Waals surface area (Å²) in [5, 5.41) is 2.73. The first-order valence-corrected chi connectivity index (χ1v) is 12.3. The molecule has 1 aliphatic heterocycles. The van der Waals surface area contributed by atoms with E-state index in [1.54, 1.807) is 36.4 Å². The van der Waals surface area contributed by atoms with Crippen LogP contribution in [0.4, 0.5) is 0 Å². The summed E-state index contributed by atoms with van der Waals surface area (Å²) in [4.78, 5) is 40.1. The van der Waals surface area contributed by atoms with E-state index in [1.165, 1.54) is 4.90 Å². The van der Waals surface area contributed by atoms with Crippen molar-refractivity contribution in [2.24, 2.45) is 0 Å². The van der Waals surface area contributed by atoms with Crippen molar-refractivity contribution in [2.45, 2.75) is 18.9 Å². The molecule has 1 fully saturated rings. The van der Waals surface area contributed by atoms with Crippen LogP contribution < -0.4 is 14.8 Å². The van der Waals surface area contributed by atoms with Crippen molar-refractivity contribution in [3.05, 3.63) is 96.1 Å². The highest BCUT2D eigenvalue weighted by molar-refractivity contribution is 6.01. The lowest BCUT2D eigenvalue weighted by atomic mass is 10.1. The molecule has 192 valence electrons. The van der Waals surface area contributed by atoms with Gasteiger partial charge in [0.2, 0.25) is 5.91 Å². The van der Waals surface area contributed by atoms with Crippen LogP contribution in [0.15, 0.2) is 84.9 Å². The topological polar surface area (TPSA) is 94.2 Å². The molecule has 3 aromatic carbocycles. The van der Waals surface area contributed by atoms with E-state index in [4.69, 9.17) is 14.2 Å². The fraction of sp³-hybridized carbons (Fsp3) is 0.276. The van der Waals surface area contributed by atoms with E-state index < -0.39 is 12.0 Å². The molecular formula is C29H30N2O6. The van der Waals surface area contributed by atoms with Crippen molar-refractivity contribution in [3.8, 4) is 11.5 Å². The number of nitrogens with one attached hydrogen (secondary N) is 1. The smallest absolute Gasteiger partial charge is 0.308 e. The Labute approximate surface area is 216 Å². The Morgan fingerprint density at radius 3 is 2.32 bits per heavy atom. The summed E-state index contributed by atoms with van der Waals surface area (Å²) in [7, 11) is 0. The average molecular weight is 503 g/mol. The van der Waals surface area contributed by atoms with E-state index in [-0.39, 0.29) is 38.0 Å². The van der Waals surface area contributed by atoms with Crippen molar-refractivity contribution >= 4 is 17.8 Å². The van der Waals surface area contributed by atoms with E-state index in [9.17, 15) is 14.4 Å². The van der Waals surface area contributed by atoms with Gasteiger partial charge in [0.1, 0.15) is 30.8 Å². The molecule has 1 unspecified atom stereocenters. The number of nitrogens with zero attached hydrogens (tertiary/aromatic N) is 1. The van der Waals surface area contributed by atoms with Gasteiger partial charge < -0.3 is 24.4 Å². The molecule has 1 heterocycles. The Morgan fingerprint density at radius 2 is 1.54 bits per heavy atom. The first-order valence-electron chi connectivity index (χ1n) is 12.3. The van der Waals surface area contributed by atoms with Gasteiger partial charge in [0.15, 0.2) is 0 Å². The van der Waals surface area contributed by atoms with E-state index in [0.29, 0.717) is 36.6 Å². The van der Waals surface area contributed by atoms with Crippen molar-refractivity contribution in [1.82, 2.24) is 10.2 Å². The minimum atomic E-state index is -0.971. The van der Waals surface area contributed by atoms with Gasteiger partial charge in [0, 0.05) is 19.5 Å². The van der Waals surface area contributed by atoms with Crippen LogP contribution in [0.1, 0.15) is 22.3 Å². The number of para-hydroxylation sites is 2. The lowest BCUT2D eigenvalue weighted by Crippen LogP contribution is -2.57. The number of ether oxygens (including phenoxy) is 3. The van der Waals surface area contributed by atoms with Crippen LogP contribution in [-0.4, -0.2) is 61.6 Å². The largest absolute Gasteiger partial charge is 0.492 e. The number of hydrogen-bond donors (Lipinski definition) is 1. The molecule has 1 N–H and O–H groups in total. The predicted octanol–water partition coefficient (Wildman–Crippen LogP) is 3.26. The molecule has 4 rings (SSSR count).